The van der Waals surface area contributed by atoms with Crippen LogP contribution in [0.3, 0.4) is 0 Å². The highest BCUT2D eigenvalue weighted by Crippen LogP contribution is 1.93. The van der Waals surface area contributed by atoms with Crippen molar-refractivity contribution in [1.29, 1.82) is 0 Å². The van der Waals surface area contributed by atoms with Crippen LogP contribution in [0, 0.1) is 0 Å². The molecule has 0 aliphatic rings. The number of thiol groups is 1. The molecular formula is C8H16O2S. The molecule has 0 radical (unpaired) electrons. The maximum absolute atomic E-state index is 5.21. The molecule has 0 atom stereocenters. The van der Waals surface area contributed by atoms with E-state index in [2.05, 4.69) is 19.2 Å². The zero-order valence-corrected chi connectivity index (χ0v) is 7.90. The van der Waals surface area contributed by atoms with Gasteiger partial charge in [-0.2, -0.15) is 12.6 Å². The summed E-state index contributed by atoms with van der Waals surface area (Å²) >= 11 is 4.05. The molecule has 0 aromatic rings. The van der Waals surface area contributed by atoms with Gasteiger partial charge in [0.2, 0.25) is 0 Å². The van der Waals surface area contributed by atoms with Gasteiger partial charge >= 0.3 is 0 Å². The first kappa shape index (κ1) is 11.0. The van der Waals surface area contributed by atoms with Crippen molar-refractivity contribution in [2.45, 2.75) is 6.92 Å². The van der Waals surface area contributed by atoms with Gasteiger partial charge in [-0.05, 0) is 12.5 Å². The molecule has 3 heteroatoms. The van der Waals surface area contributed by atoms with Gasteiger partial charge in [0.15, 0.2) is 0 Å². The van der Waals surface area contributed by atoms with Crippen molar-refractivity contribution in [2.24, 2.45) is 0 Å². The highest BCUT2D eigenvalue weighted by Gasteiger charge is 1.90. The Labute approximate surface area is 74.0 Å². The number of ether oxygens (including phenoxy) is 2. The van der Waals surface area contributed by atoms with E-state index in [1.165, 1.54) is 0 Å². The number of hydrogen-bond acceptors (Lipinski definition) is 3. The van der Waals surface area contributed by atoms with E-state index in [0.717, 1.165) is 12.2 Å². The van der Waals surface area contributed by atoms with E-state index in [-0.39, 0.29) is 0 Å². The maximum Gasteiger partial charge on any atom is 0.0704 e. The van der Waals surface area contributed by atoms with Gasteiger partial charge in [0.05, 0.1) is 19.8 Å². The summed E-state index contributed by atoms with van der Waals surface area (Å²) in [5.74, 6) is 0.689. The van der Waals surface area contributed by atoms with Crippen LogP contribution in [0.25, 0.3) is 0 Å². The molecule has 0 saturated carbocycles. The molecule has 0 heterocycles. The smallest absolute Gasteiger partial charge is 0.0704 e. The second kappa shape index (κ2) is 8.11. The summed E-state index contributed by atoms with van der Waals surface area (Å²) in [6, 6.07) is 0. The van der Waals surface area contributed by atoms with Crippen molar-refractivity contribution in [1.82, 2.24) is 0 Å². The first-order valence-electron chi connectivity index (χ1n) is 3.74. The van der Waals surface area contributed by atoms with Gasteiger partial charge in [-0.3, -0.25) is 0 Å². The lowest BCUT2D eigenvalue weighted by molar-refractivity contribution is 0.0622. The minimum Gasteiger partial charge on any atom is -0.379 e. The quantitative estimate of drug-likeness (QED) is 0.360. The Morgan fingerprint density at radius 2 is 2.00 bits per heavy atom. The maximum atomic E-state index is 5.21. The lowest BCUT2D eigenvalue weighted by Crippen LogP contribution is -2.06. The highest BCUT2D eigenvalue weighted by atomic mass is 32.1. The van der Waals surface area contributed by atoms with Crippen molar-refractivity contribution in [3.8, 4) is 0 Å². The molecule has 0 saturated heterocycles. The average molecular weight is 176 g/mol. The third-order valence-corrected chi connectivity index (χ3v) is 1.55. The van der Waals surface area contributed by atoms with Crippen LogP contribution >= 0.6 is 12.6 Å². The molecule has 11 heavy (non-hydrogen) atoms. The summed E-state index contributed by atoms with van der Waals surface area (Å²) in [4.78, 5) is 0. The minimum atomic E-state index is 0.594. The Kier molecular flexibility index (Phi) is 8.12. The molecule has 0 spiro atoms. The molecule has 0 N–H and O–H groups in total. The third-order valence-electron chi connectivity index (χ3n) is 1.11. The molecular weight excluding hydrogens is 160 g/mol. The van der Waals surface area contributed by atoms with Gasteiger partial charge in [-0.15, -0.1) is 0 Å². The Hall–Kier alpha value is 0.01000. The normalized spacial score (nSPS) is 10.0. The summed E-state index contributed by atoms with van der Waals surface area (Å²) < 4.78 is 10.3. The fourth-order valence-electron chi connectivity index (χ4n) is 0.524. The van der Waals surface area contributed by atoms with Crippen LogP contribution in [0.1, 0.15) is 6.92 Å². The number of hydrogen-bond donors (Lipinski definition) is 1. The van der Waals surface area contributed by atoms with Crippen molar-refractivity contribution in [2.75, 3.05) is 32.2 Å². The summed E-state index contributed by atoms with van der Waals surface area (Å²) in [6.45, 7) is 8.36. The van der Waals surface area contributed by atoms with Crippen LogP contribution < -0.4 is 0 Å². The zero-order chi connectivity index (χ0) is 8.53. The number of rotatable bonds is 7. The van der Waals surface area contributed by atoms with Gasteiger partial charge in [-0.1, -0.05) is 6.58 Å². The van der Waals surface area contributed by atoms with Gasteiger partial charge in [0.1, 0.15) is 0 Å². The van der Waals surface area contributed by atoms with Crippen LogP contribution in [0.4, 0.5) is 0 Å². The van der Waals surface area contributed by atoms with Crippen molar-refractivity contribution in [3.63, 3.8) is 0 Å². The predicted octanol–water partition coefficient (Wildman–Crippen LogP) is 1.53. The second-order valence-electron chi connectivity index (χ2n) is 2.16. The Balaban J connectivity index is 2.95. The van der Waals surface area contributed by atoms with Gasteiger partial charge in [-0.25, -0.2) is 0 Å². The summed E-state index contributed by atoms with van der Waals surface area (Å²) in [7, 11) is 0. The van der Waals surface area contributed by atoms with E-state index < -0.39 is 0 Å². The average Bonchev–Trinajstić information content (AvgIpc) is 2.04. The minimum absolute atomic E-state index is 0.594. The molecule has 0 aromatic heterocycles. The van der Waals surface area contributed by atoms with Crippen LogP contribution in [-0.2, 0) is 9.47 Å². The SMILES string of the molecule is C=C(CS)COCCOCC. The molecule has 0 rings (SSSR count). The fraction of sp³-hybridized carbons (Fsp3) is 0.750. The molecule has 0 unspecified atom stereocenters. The lowest BCUT2D eigenvalue weighted by Gasteiger charge is -2.04. The summed E-state index contributed by atoms with van der Waals surface area (Å²) in [6.07, 6.45) is 0. The predicted molar refractivity (Wildman–Crippen MR) is 50.3 cm³/mol. The molecule has 0 amide bonds. The first-order chi connectivity index (χ1) is 5.31. The zero-order valence-electron chi connectivity index (χ0n) is 7.01. The monoisotopic (exact) mass is 176 g/mol. The van der Waals surface area contributed by atoms with E-state index in [9.17, 15) is 0 Å². The molecule has 0 fully saturated rings. The Bertz CT molecular complexity index is 104. The van der Waals surface area contributed by atoms with Crippen LogP contribution in [0.15, 0.2) is 12.2 Å². The van der Waals surface area contributed by atoms with Crippen molar-refractivity contribution >= 4 is 12.6 Å². The molecule has 2 nitrogen and oxygen atoms in total. The van der Waals surface area contributed by atoms with Crippen LogP contribution in [0.5, 0.6) is 0 Å². The van der Waals surface area contributed by atoms with E-state index in [1.807, 2.05) is 6.92 Å². The van der Waals surface area contributed by atoms with Crippen molar-refractivity contribution in [3.05, 3.63) is 12.2 Å². The van der Waals surface area contributed by atoms with Crippen LogP contribution in [-0.4, -0.2) is 32.2 Å². The molecule has 0 bridgehead atoms. The van der Waals surface area contributed by atoms with Crippen molar-refractivity contribution < 1.29 is 9.47 Å². The molecule has 0 aliphatic heterocycles. The van der Waals surface area contributed by atoms with E-state index in [1.54, 1.807) is 0 Å². The summed E-state index contributed by atoms with van der Waals surface area (Å²) in [5.41, 5.74) is 1.00. The molecule has 0 aromatic carbocycles. The standard InChI is InChI=1S/C8H16O2S/c1-3-9-4-5-10-6-8(2)7-11/h11H,2-7H2,1H3. The first-order valence-corrected chi connectivity index (χ1v) is 4.37. The van der Waals surface area contributed by atoms with Gasteiger partial charge in [0.25, 0.3) is 0 Å². The Morgan fingerprint density at radius 3 is 2.55 bits per heavy atom. The largest absolute Gasteiger partial charge is 0.379 e. The van der Waals surface area contributed by atoms with Gasteiger partial charge in [0, 0.05) is 12.4 Å². The fourth-order valence-corrected chi connectivity index (χ4v) is 0.616. The third kappa shape index (κ3) is 7.91. The van der Waals surface area contributed by atoms with Gasteiger partial charge < -0.3 is 9.47 Å². The highest BCUT2D eigenvalue weighted by molar-refractivity contribution is 7.80. The van der Waals surface area contributed by atoms with Crippen LogP contribution in [0.2, 0.25) is 0 Å². The summed E-state index contributed by atoms with van der Waals surface area (Å²) in [5, 5.41) is 0. The van der Waals surface area contributed by atoms with E-state index in [4.69, 9.17) is 9.47 Å². The Morgan fingerprint density at radius 1 is 1.36 bits per heavy atom. The van der Waals surface area contributed by atoms with E-state index >= 15 is 0 Å². The van der Waals surface area contributed by atoms with E-state index in [0.29, 0.717) is 25.6 Å². The molecule has 0 aliphatic carbocycles. The second-order valence-corrected chi connectivity index (χ2v) is 2.47. The molecule has 66 valence electrons. The topological polar surface area (TPSA) is 18.5 Å². The lowest BCUT2D eigenvalue weighted by atomic mass is 10.4.